The molecule has 4 unspecified atom stereocenters. The minimum Gasteiger partial charge on any atom is -0.384 e. The van der Waals surface area contributed by atoms with Gasteiger partial charge < -0.3 is 14.9 Å². The topological polar surface area (TPSA) is 79.1 Å². The molecular formula is C12H21NO4. The van der Waals surface area contributed by atoms with Gasteiger partial charge in [-0.2, -0.15) is 4.91 Å². The summed E-state index contributed by atoms with van der Waals surface area (Å²) in [4.78, 5) is 10.7. The molecule has 2 N–H and O–H groups in total. The van der Waals surface area contributed by atoms with Crippen LogP contribution in [-0.4, -0.2) is 38.7 Å². The van der Waals surface area contributed by atoms with Crippen LogP contribution >= 0.6 is 0 Å². The van der Waals surface area contributed by atoms with E-state index in [0.29, 0.717) is 6.42 Å². The van der Waals surface area contributed by atoms with Gasteiger partial charge in [0, 0.05) is 5.92 Å². The quantitative estimate of drug-likeness (QED) is 0.714. The van der Waals surface area contributed by atoms with Crippen molar-refractivity contribution in [1.29, 1.82) is 0 Å². The predicted molar refractivity (Wildman–Crippen MR) is 62.5 cm³/mol. The smallest absolute Gasteiger partial charge is 0.122 e. The lowest BCUT2D eigenvalue weighted by Crippen LogP contribution is -2.68. The maximum absolute atomic E-state index is 10.7. The van der Waals surface area contributed by atoms with Gasteiger partial charge in [0.2, 0.25) is 0 Å². The van der Waals surface area contributed by atoms with Crippen LogP contribution in [0.15, 0.2) is 5.18 Å². The maximum Gasteiger partial charge on any atom is 0.122 e. The van der Waals surface area contributed by atoms with E-state index in [4.69, 9.17) is 4.74 Å². The van der Waals surface area contributed by atoms with Crippen molar-refractivity contribution in [2.45, 2.75) is 69.5 Å². The number of hydrogen-bond donors (Lipinski definition) is 2. The number of nitroso groups, excluding NO2 is 1. The van der Waals surface area contributed by atoms with Crippen molar-refractivity contribution in [3.05, 3.63) is 4.91 Å². The lowest BCUT2D eigenvalue weighted by Gasteiger charge is -2.50. The minimum absolute atomic E-state index is 0.180. The van der Waals surface area contributed by atoms with Crippen molar-refractivity contribution in [3.8, 4) is 0 Å². The molecule has 0 radical (unpaired) electrons. The van der Waals surface area contributed by atoms with Crippen molar-refractivity contribution in [3.63, 3.8) is 0 Å². The van der Waals surface area contributed by atoms with Crippen LogP contribution in [0, 0.1) is 10.8 Å². The van der Waals surface area contributed by atoms with Crippen LogP contribution < -0.4 is 0 Å². The molecule has 17 heavy (non-hydrogen) atoms. The first-order chi connectivity index (χ1) is 7.53. The fraction of sp³-hybridized carbons (Fsp3) is 1.00. The molecule has 2 aliphatic rings. The Morgan fingerprint density at radius 1 is 1.24 bits per heavy atom. The van der Waals surface area contributed by atoms with Crippen LogP contribution in [0.2, 0.25) is 0 Å². The largest absolute Gasteiger partial charge is 0.384 e. The Balaban J connectivity index is 2.51. The van der Waals surface area contributed by atoms with Crippen molar-refractivity contribution < 1.29 is 14.9 Å². The third kappa shape index (κ3) is 1.15. The van der Waals surface area contributed by atoms with Crippen LogP contribution in [0.4, 0.5) is 0 Å². The standard InChI is InChI=1S/C12H21NO4/c1-7(13-16)8-6-9(2)11(4,14)12(5,15)10(8,3)17-9/h7-8,14-15H,6H2,1-5H3/t7?,8?,9?,10?,11-,12-/m0/s1. The Labute approximate surface area is 101 Å². The summed E-state index contributed by atoms with van der Waals surface area (Å²) in [7, 11) is 0. The summed E-state index contributed by atoms with van der Waals surface area (Å²) < 4.78 is 5.91. The van der Waals surface area contributed by atoms with E-state index in [9.17, 15) is 15.1 Å². The van der Waals surface area contributed by atoms with Gasteiger partial charge in [-0.15, -0.1) is 0 Å². The van der Waals surface area contributed by atoms with Gasteiger partial charge in [0.1, 0.15) is 16.8 Å². The summed E-state index contributed by atoms with van der Waals surface area (Å²) in [5.74, 6) is -0.180. The first-order valence-corrected chi connectivity index (χ1v) is 6.01. The summed E-state index contributed by atoms with van der Waals surface area (Å²) in [6, 6.07) is -0.440. The number of ether oxygens (including phenoxy) is 1. The molecule has 2 saturated heterocycles. The molecular weight excluding hydrogens is 222 g/mol. The van der Waals surface area contributed by atoms with Crippen LogP contribution in [0.25, 0.3) is 0 Å². The first kappa shape index (κ1) is 12.9. The van der Waals surface area contributed by atoms with Gasteiger partial charge in [-0.1, -0.05) is 5.18 Å². The molecule has 5 nitrogen and oxygen atoms in total. The van der Waals surface area contributed by atoms with Crippen LogP contribution in [0.1, 0.15) is 41.0 Å². The van der Waals surface area contributed by atoms with Gasteiger partial charge in [0.25, 0.3) is 0 Å². The van der Waals surface area contributed by atoms with E-state index in [1.165, 1.54) is 0 Å². The van der Waals surface area contributed by atoms with E-state index in [1.54, 1.807) is 34.6 Å². The molecule has 0 amide bonds. The Bertz CT molecular complexity index is 368. The highest BCUT2D eigenvalue weighted by atomic mass is 16.6. The SMILES string of the molecule is CC(N=O)C1CC2(C)OC1(C)[C@](C)(O)[C@@]2(C)O. The third-order valence-electron chi connectivity index (χ3n) is 5.45. The summed E-state index contributed by atoms with van der Waals surface area (Å²) in [6.07, 6.45) is 0.527. The summed E-state index contributed by atoms with van der Waals surface area (Å²) in [5, 5.41) is 24.2. The fourth-order valence-electron chi connectivity index (χ4n) is 3.66. The second kappa shape index (κ2) is 3.08. The van der Waals surface area contributed by atoms with Crippen LogP contribution in [0.5, 0.6) is 0 Å². The highest BCUT2D eigenvalue weighted by Gasteiger charge is 2.79. The molecule has 0 saturated carbocycles. The van der Waals surface area contributed by atoms with Crippen LogP contribution in [0.3, 0.4) is 0 Å². The zero-order valence-electron chi connectivity index (χ0n) is 11.0. The minimum atomic E-state index is -1.41. The zero-order valence-corrected chi connectivity index (χ0v) is 11.0. The molecule has 0 aromatic heterocycles. The van der Waals surface area contributed by atoms with E-state index in [0.717, 1.165) is 0 Å². The molecule has 0 aromatic carbocycles. The summed E-state index contributed by atoms with van der Waals surface area (Å²) in [6.45, 7) is 8.42. The lowest BCUT2D eigenvalue weighted by molar-refractivity contribution is -0.183. The molecule has 2 bridgehead atoms. The Kier molecular flexibility index (Phi) is 2.34. The summed E-state index contributed by atoms with van der Waals surface area (Å²) >= 11 is 0. The molecule has 5 heteroatoms. The summed E-state index contributed by atoms with van der Waals surface area (Å²) in [5.41, 5.74) is -4.53. The van der Waals surface area contributed by atoms with Gasteiger partial charge in [0.15, 0.2) is 0 Å². The molecule has 2 rings (SSSR count). The maximum atomic E-state index is 10.7. The van der Waals surface area contributed by atoms with Gasteiger partial charge in [0.05, 0.1) is 11.6 Å². The number of fused-ring (bicyclic) bond motifs is 2. The molecule has 0 aromatic rings. The molecule has 2 aliphatic heterocycles. The average Bonchev–Trinajstić information content (AvgIpc) is 2.56. The Hall–Kier alpha value is -0.520. The fourth-order valence-corrected chi connectivity index (χ4v) is 3.66. The Morgan fingerprint density at radius 2 is 1.76 bits per heavy atom. The van der Waals surface area contributed by atoms with Crippen molar-refractivity contribution in [1.82, 2.24) is 0 Å². The van der Waals surface area contributed by atoms with Gasteiger partial charge >= 0.3 is 0 Å². The normalized spacial score (nSPS) is 59.4. The van der Waals surface area contributed by atoms with Gasteiger partial charge in [-0.25, -0.2) is 0 Å². The number of rotatable bonds is 2. The monoisotopic (exact) mass is 243 g/mol. The van der Waals surface area contributed by atoms with Gasteiger partial charge in [-0.3, -0.25) is 0 Å². The average molecular weight is 243 g/mol. The predicted octanol–water partition coefficient (Wildman–Crippen LogP) is 1.21. The molecule has 6 atom stereocenters. The second-order valence-corrected chi connectivity index (χ2v) is 6.24. The van der Waals surface area contributed by atoms with E-state index >= 15 is 0 Å². The molecule has 0 aliphatic carbocycles. The molecule has 0 spiro atoms. The number of hydrogen-bond acceptors (Lipinski definition) is 5. The van der Waals surface area contributed by atoms with E-state index < -0.39 is 28.4 Å². The number of aliphatic hydroxyl groups is 2. The highest BCUT2D eigenvalue weighted by molar-refractivity contribution is 5.28. The van der Waals surface area contributed by atoms with E-state index in [2.05, 4.69) is 5.18 Å². The first-order valence-electron chi connectivity index (χ1n) is 6.01. The van der Waals surface area contributed by atoms with Crippen molar-refractivity contribution in [2.75, 3.05) is 0 Å². The number of nitrogens with zero attached hydrogens (tertiary/aromatic N) is 1. The van der Waals surface area contributed by atoms with E-state index in [-0.39, 0.29) is 5.92 Å². The van der Waals surface area contributed by atoms with Gasteiger partial charge in [-0.05, 0) is 41.0 Å². The van der Waals surface area contributed by atoms with Crippen molar-refractivity contribution in [2.24, 2.45) is 11.1 Å². The van der Waals surface area contributed by atoms with Crippen molar-refractivity contribution >= 4 is 0 Å². The molecule has 98 valence electrons. The highest BCUT2D eigenvalue weighted by Crippen LogP contribution is 2.64. The molecule has 2 fully saturated rings. The third-order valence-corrected chi connectivity index (χ3v) is 5.45. The zero-order chi connectivity index (χ0) is 13.3. The molecule has 2 heterocycles. The second-order valence-electron chi connectivity index (χ2n) is 6.24. The van der Waals surface area contributed by atoms with E-state index in [1.807, 2.05) is 0 Å². The van der Waals surface area contributed by atoms with Crippen LogP contribution in [-0.2, 0) is 4.74 Å². The lowest BCUT2D eigenvalue weighted by atomic mass is 9.57. The Morgan fingerprint density at radius 3 is 2.12 bits per heavy atom.